The third-order valence-corrected chi connectivity index (χ3v) is 4.81. The van der Waals surface area contributed by atoms with E-state index in [0.29, 0.717) is 30.9 Å². The number of nitrogens with one attached hydrogen (secondary N) is 2. The molecule has 30 heavy (non-hydrogen) atoms. The second kappa shape index (κ2) is 10.5. The highest BCUT2D eigenvalue weighted by molar-refractivity contribution is 6.39. The molecule has 8 heteroatoms. The Bertz CT molecular complexity index is 870. The lowest BCUT2D eigenvalue weighted by Gasteiger charge is -2.33. The van der Waals surface area contributed by atoms with E-state index < -0.39 is 17.8 Å². The number of ether oxygens (including phenoxy) is 2. The summed E-state index contributed by atoms with van der Waals surface area (Å²) in [6.45, 7) is 3.11. The number of hydrogen-bond donors (Lipinski definition) is 2. The average Bonchev–Trinajstić information content (AvgIpc) is 2.79. The molecule has 0 aromatic heterocycles. The van der Waals surface area contributed by atoms with Gasteiger partial charge in [-0.15, -0.1) is 0 Å². The van der Waals surface area contributed by atoms with Gasteiger partial charge in [0.2, 0.25) is 0 Å². The fourth-order valence-corrected chi connectivity index (χ4v) is 3.18. The summed E-state index contributed by atoms with van der Waals surface area (Å²) in [6, 6.07) is 16.1. The van der Waals surface area contributed by atoms with Gasteiger partial charge in [-0.2, -0.15) is 0 Å². The van der Waals surface area contributed by atoms with Crippen molar-refractivity contribution in [3.8, 4) is 0 Å². The zero-order valence-electron chi connectivity index (χ0n) is 16.8. The van der Waals surface area contributed by atoms with Crippen LogP contribution in [0.4, 0.5) is 5.69 Å². The molecule has 2 aromatic carbocycles. The van der Waals surface area contributed by atoms with E-state index in [-0.39, 0.29) is 6.10 Å². The first-order valence-corrected chi connectivity index (χ1v) is 9.73. The highest BCUT2D eigenvalue weighted by atomic mass is 16.5. The number of esters is 1. The molecule has 0 spiro atoms. The number of carbonyl (C=O) groups is 3. The summed E-state index contributed by atoms with van der Waals surface area (Å²) >= 11 is 0. The van der Waals surface area contributed by atoms with E-state index >= 15 is 0 Å². The molecule has 1 atom stereocenters. The smallest absolute Gasteiger partial charge is 0.337 e. The number of benzene rings is 2. The second-order valence-corrected chi connectivity index (χ2v) is 6.85. The molecule has 3 rings (SSSR count). The van der Waals surface area contributed by atoms with Gasteiger partial charge in [0.05, 0.1) is 25.4 Å². The number of morpholine rings is 1. The van der Waals surface area contributed by atoms with Crippen LogP contribution in [0, 0.1) is 0 Å². The molecule has 1 fully saturated rings. The van der Waals surface area contributed by atoms with Crippen LogP contribution in [0.15, 0.2) is 54.6 Å². The molecule has 2 N–H and O–H groups in total. The zero-order valence-corrected chi connectivity index (χ0v) is 16.8. The van der Waals surface area contributed by atoms with Crippen LogP contribution in [0.2, 0.25) is 0 Å². The number of anilines is 1. The van der Waals surface area contributed by atoms with E-state index in [4.69, 9.17) is 4.74 Å². The largest absolute Gasteiger partial charge is 0.465 e. The fourth-order valence-electron chi connectivity index (χ4n) is 3.18. The van der Waals surface area contributed by atoms with E-state index in [0.717, 1.165) is 18.7 Å². The summed E-state index contributed by atoms with van der Waals surface area (Å²) in [5.41, 5.74) is 1.91. The normalized spacial score (nSPS) is 16.5. The Kier molecular flexibility index (Phi) is 7.53. The maximum Gasteiger partial charge on any atom is 0.337 e. The van der Waals surface area contributed by atoms with Gasteiger partial charge in [0.25, 0.3) is 0 Å². The van der Waals surface area contributed by atoms with E-state index in [1.54, 1.807) is 0 Å². The number of carbonyl (C=O) groups excluding carboxylic acids is 3. The molecule has 1 aliphatic heterocycles. The third kappa shape index (κ3) is 5.88. The van der Waals surface area contributed by atoms with Crippen molar-refractivity contribution in [1.82, 2.24) is 10.2 Å². The summed E-state index contributed by atoms with van der Waals surface area (Å²) in [7, 11) is 1.29. The van der Waals surface area contributed by atoms with Gasteiger partial charge < -0.3 is 20.1 Å². The van der Waals surface area contributed by atoms with Crippen LogP contribution in [0.25, 0.3) is 0 Å². The minimum Gasteiger partial charge on any atom is -0.465 e. The lowest BCUT2D eigenvalue weighted by Crippen LogP contribution is -2.44. The van der Waals surface area contributed by atoms with E-state index in [1.807, 2.05) is 30.3 Å². The van der Waals surface area contributed by atoms with Crippen LogP contribution < -0.4 is 10.6 Å². The van der Waals surface area contributed by atoms with Crippen LogP contribution in [0.3, 0.4) is 0 Å². The molecule has 158 valence electrons. The molecule has 1 heterocycles. The average molecular weight is 411 g/mol. The maximum absolute atomic E-state index is 12.1. The first-order chi connectivity index (χ1) is 14.6. The first-order valence-electron chi connectivity index (χ1n) is 9.73. The Morgan fingerprint density at radius 1 is 1.07 bits per heavy atom. The van der Waals surface area contributed by atoms with Gasteiger partial charge in [0.1, 0.15) is 0 Å². The maximum atomic E-state index is 12.1. The van der Waals surface area contributed by atoms with Gasteiger partial charge in [-0.25, -0.2) is 4.79 Å². The highest BCUT2D eigenvalue weighted by Gasteiger charge is 2.22. The monoisotopic (exact) mass is 411 g/mol. The molecular formula is C22H25N3O5. The van der Waals surface area contributed by atoms with Gasteiger partial charge in [-0.05, 0) is 29.8 Å². The van der Waals surface area contributed by atoms with Crippen LogP contribution >= 0.6 is 0 Å². The molecule has 8 nitrogen and oxygen atoms in total. The van der Waals surface area contributed by atoms with Gasteiger partial charge in [-0.1, -0.05) is 30.3 Å². The molecule has 0 aliphatic carbocycles. The van der Waals surface area contributed by atoms with Crippen molar-refractivity contribution in [3.05, 3.63) is 65.7 Å². The summed E-state index contributed by atoms with van der Waals surface area (Å²) in [4.78, 5) is 37.7. The van der Waals surface area contributed by atoms with Crippen molar-refractivity contribution in [2.45, 2.75) is 6.10 Å². The molecule has 1 aliphatic rings. The molecule has 1 saturated heterocycles. The quantitative estimate of drug-likeness (QED) is 0.554. The van der Waals surface area contributed by atoms with Gasteiger partial charge >= 0.3 is 17.8 Å². The van der Waals surface area contributed by atoms with E-state index in [9.17, 15) is 14.4 Å². The number of methoxy groups -OCH3 is 1. The van der Waals surface area contributed by atoms with E-state index in [2.05, 4.69) is 20.3 Å². The van der Waals surface area contributed by atoms with Crippen molar-refractivity contribution in [1.29, 1.82) is 0 Å². The molecular weight excluding hydrogens is 386 g/mol. The second-order valence-electron chi connectivity index (χ2n) is 6.85. The van der Waals surface area contributed by atoms with Crippen molar-refractivity contribution in [3.63, 3.8) is 0 Å². The molecule has 0 saturated carbocycles. The Labute approximate surface area is 175 Å². The third-order valence-electron chi connectivity index (χ3n) is 4.81. The Morgan fingerprint density at radius 3 is 2.50 bits per heavy atom. The summed E-state index contributed by atoms with van der Waals surface area (Å²) in [5.74, 6) is -1.94. The van der Waals surface area contributed by atoms with Crippen molar-refractivity contribution >= 4 is 23.5 Å². The fraction of sp³-hybridized carbons (Fsp3) is 0.318. The molecule has 0 unspecified atom stereocenters. The Morgan fingerprint density at radius 2 is 1.80 bits per heavy atom. The van der Waals surface area contributed by atoms with Crippen molar-refractivity contribution in [2.75, 3.05) is 45.2 Å². The number of nitrogens with zero attached hydrogens (tertiary/aromatic N) is 1. The Balaban J connectivity index is 1.41. The number of amides is 2. The summed E-state index contributed by atoms with van der Waals surface area (Å²) in [6.07, 6.45) is 0.00640. The van der Waals surface area contributed by atoms with Gasteiger partial charge in [-0.3, -0.25) is 14.5 Å². The standard InChI is InChI=1S/C22H25N3O5/c1-29-22(28)17-7-9-18(10-8-17)24-21(27)20(26)23-11-12-25-13-14-30-19(15-25)16-5-3-2-4-6-16/h2-10,19H,11-15H2,1H3,(H,23,26)(H,24,27)/t19-/m0/s1. The van der Waals surface area contributed by atoms with Crippen molar-refractivity contribution in [2.24, 2.45) is 0 Å². The Hall–Kier alpha value is -3.23. The van der Waals surface area contributed by atoms with Crippen molar-refractivity contribution < 1.29 is 23.9 Å². The summed E-state index contributed by atoms with van der Waals surface area (Å²) in [5, 5.41) is 5.14. The number of rotatable bonds is 6. The van der Waals surface area contributed by atoms with Crippen LogP contribution in [-0.2, 0) is 19.1 Å². The highest BCUT2D eigenvalue weighted by Crippen LogP contribution is 2.21. The topological polar surface area (TPSA) is 97.0 Å². The lowest BCUT2D eigenvalue weighted by molar-refractivity contribution is -0.136. The summed E-state index contributed by atoms with van der Waals surface area (Å²) < 4.78 is 10.5. The lowest BCUT2D eigenvalue weighted by atomic mass is 10.1. The predicted octanol–water partition coefficient (Wildman–Crippen LogP) is 1.60. The molecule has 0 bridgehead atoms. The van der Waals surface area contributed by atoms with Crippen LogP contribution in [0.1, 0.15) is 22.0 Å². The molecule has 2 amide bonds. The minimum atomic E-state index is -0.759. The SMILES string of the molecule is COC(=O)c1ccc(NC(=O)C(=O)NCCN2CCO[C@H](c3ccccc3)C2)cc1. The molecule has 2 aromatic rings. The minimum absolute atomic E-state index is 0.00640. The molecule has 0 radical (unpaired) electrons. The van der Waals surface area contributed by atoms with Crippen LogP contribution in [0.5, 0.6) is 0 Å². The van der Waals surface area contributed by atoms with E-state index in [1.165, 1.54) is 31.4 Å². The number of hydrogen-bond acceptors (Lipinski definition) is 6. The van der Waals surface area contributed by atoms with Gasteiger partial charge in [0, 0.05) is 31.9 Å². The first kappa shape index (κ1) is 21.5. The predicted molar refractivity (Wildman–Crippen MR) is 111 cm³/mol. The van der Waals surface area contributed by atoms with Crippen LogP contribution in [-0.4, -0.2) is 62.6 Å². The van der Waals surface area contributed by atoms with Gasteiger partial charge in [0.15, 0.2) is 0 Å². The zero-order chi connectivity index (χ0) is 21.3.